The quantitative estimate of drug-likeness (QED) is 0.742. The van der Waals surface area contributed by atoms with Crippen molar-refractivity contribution in [3.8, 4) is 0 Å². The van der Waals surface area contributed by atoms with Gasteiger partial charge in [0.2, 0.25) is 0 Å². The highest BCUT2D eigenvalue weighted by molar-refractivity contribution is 6.11. The molecule has 1 aromatic heterocycles. The number of aromatic nitrogens is 1. The van der Waals surface area contributed by atoms with Gasteiger partial charge in [-0.15, -0.1) is 0 Å². The molecule has 0 saturated heterocycles. The lowest BCUT2D eigenvalue weighted by molar-refractivity contribution is 0.103. The zero-order valence-corrected chi connectivity index (χ0v) is 12.3. The molecule has 3 rings (SSSR count). The lowest BCUT2D eigenvalue weighted by Gasteiger charge is -2.13. The fourth-order valence-corrected chi connectivity index (χ4v) is 2.57. The van der Waals surface area contributed by atoms with Crippen molar-refractivity contribution in [3.05, 3.63) is 71.4 Å². The number of benzene rings is 2. The average molecular weight is 278 g/mol. The number of carbonyl (C=O) groups excluding carboxylic acids is 1. The lowest BCUT2D eigenvalue weighted by Crippen LogP contribution is -2.14. The van der Waals surface area contributed by atoms with Crippen LogP contribution < -0.4 is 0 Å². The number of nitrogens with zero attached hydrogens (tertiary/aromatic N) is 1. The third-order valence-electron chi connectivity index (χ3n) is 3.56. The first kappa shape index (κ1) is 13.6. The van der Waals surface area contributed by atoms with Crippen molar-refractivity contribution in [2.75, 3.05) is 14.1 Å². The summed E-state index contributed by atoms with van der Waals surface area (Å²) in [4.78, 5) is 18.0. The van der Waals surface area contributed by atoms with Crippen molar-refractivity contribution in [3.63, 3.8) is 0 Å². The summed E-state index contributed by atoms with van der Waals surface area (Å²) in [6.07, 6.45) is 1.89. The minimum absolute atomic E-state index is 0.0792. The van der Waals surface area contributed by atoms with E-state index in [-0.39, 0.29) is 5.78 Å². The number of nitrogens with one attached hydrogen (secondary N) is 1. The van der Waals surface area contributed by atoms with Gasteiger partial charge >= 0.3 is 0 Å². The van der Waals surface area contributed by atoms with Crippen LogP contribution in [0, 0.1) is 0 Å². The van der Waals surface area contributed by atoms with Crippen LogP contribution in [0.5, 0.6) is 0 Å². The molecule has 0 saturated carbocycles. The zero-order valence-electron chi connectivity index (χ0n) is 12.3. The molecule has 106 valence electrons. The van der Waals surface area contributed by atoms with Gasteiger partial charge in [0.25, 0.3) is 0 Å². The number of hydrogen-bond acceptors (Lipinski definition) is 2. The van der Waals surface area contributed by atoms with Crippen LogP contribution in [0.2, 0.25) is 0 Å². The van der Waals surface area contributed by atoms with Gasteiger partial charge in [-0.1, -0.05) is 24.3 Å². The topological polar surface area (TPSA) is 36.1 Å². The van der Waals surface area contributed by atoms with Gasteiger partial charge in [0.05, 0.1) is 0 Å². The molecular formula is C18H18N2O. The molecule has 0 spiro atoms. The van der Waals surface area contributed by atoms with Crippen LogP contribution in [-0.4, -0.2) is 29.8 Å². The second-order valence-corrected chi connectivity index (χ2v) is 5.50. The highest BCUT2D eigenvalue weighted by atomic mass is 16.1. The summed E-state index contributed by atoms with van der Waals surface area (Å²) < 4.78 is 0. The largest absolute Gasteiger partial charge is 0.361 e. The van der Waals surface area contributed by atoms with E-state index in [9.17, 15) is 4.79 Å². The van der Waals surface area contributed by atoms with Crippen LogP contribution in [0.4, 0.5) is 0 Å². The number of carbonyl (C=O) groups is 1. The smallest absolute Gasteiger partial charge is 0.193 e. The van der Waals surface area contributed by atoms with Gasteiger partial charge in [-0.3, -0.25) is 4.79 Å². The standard InChI is InChI=1S/C18H18N2O/c1-20(2)12-15-5-3-4-6-16(15)18(21)14-7-8-17-13(11-14)9-10-19-17/h3-11,19H,12H2,1-2H3. The van der Waals surface area contributed by atoms with Crippen molar-refractivity contribution in [2.24, 2.45) is 0 Å². The molecular weight excluding hydrogens is 260 g/mol. The van der Waals surface area contributed by atoms with Crippen LogP contribution in [0.25, 0.3) is 10.9 Å². The van der Waals surface area contributed by atoms with E-state index in [0.717, 1.165) is 34.1 Å². The normalized spacial score (nSPS) is 11.2. The minimum Gasteiger partial charge on any atom is -0.361 e. The molecule has 0 bridgehead atoms. The van der Waals surface area contributed by atoms with E-state index in [2.05, 4.69) is 9.88 Å². The van der Waals surface area contributed by atoms with Crippen LogP contribution in [0.3, 0.4) is 0 Å². The van der Waals surface area contributed by atoms with Crippen LogP contribution >= 0.6 is 0 Å². The Bertz CT molecular complexity index is 787. The first-order chi connectivity index (χ1) is 10.1. The maximum absolute atomic E-state index is 12.8. The Morgan fingerprint density at radius 2 is 1.90 bits per heavy atom. The van der Waals surface area contributed by atoms with E-state index in [1.807, 2.05) is 68.8 Å². The molecule has 0 aliphatic heterocycles. The van der Waals surface area contributed by atoms with E-state index >= 15 is 0 Å². The Morgan fingerprint density at radius 1 is 1.10 bits per heavy atom. The third kappa shape index (κ3) is 2.73. The highest BCUT2D eigenvalue weighted by Crippen LogP contribution is 2.19. The fourth-order valence-electron chi connectivity index (χ4n) is 2.57. The molecule has 0 unspecified atom stereocenters. The van der Waals surface area contributed by atoms with Crippen LogP contribution in [-0.2, 0) is 6.54 Å². The van der Waals surface area contributed by atoms with Gasteiger partial charge in [-0.25, -0.2) is 0 Å². The molecule has 2 aromatic carbocycles. The number of H-pyrrole nitrogens is 1. The van der Waals surface area contributed by atoms with Gasteiger partial charge in [-0.2, -0.15) is 0 Å². The Balaban J connectivity index is 2.01. The van der Waals surface area contributed by atoms with Crippen molar-refractivity contribution < 1.29 is 4.79 Å². The summed E-state index contributed by atoms with van der Waals surface area (Å²) in [6.45, 7) is 0.758. The molecule has 0 aliphatic rings. The molecule has 0 amide bonds. The molecule has 21 heavy (non-hydrogen) atoms. The minimum atomic E-state index is 0.0792. The lowest BCUT2D eigenvalue weighted by atomic mass is 9.97. The number of ketones is 1. The van der Waals surface area contributed by atoms with Gasteiger partial charge < -0.3 is 9.88 Å². The van der Waals surface area contributed by atoms with Gasteiger partial charge in [0.1, 0.15) is 0 Å². The van der Waals surface area contributed by atoms with Crippen molar-refractivity contribution in [2.45, 2.75) is 6.54 Å². The predicted molar refractivity (Wildman–Crippen MR) is 85.6 cm³/mol. The van der Waals surface area contributed by atoms with Crippen molar-refractivity contribution in [1.82, 2.24) is 9.88 Å². The first-order valence-electron chi connectivity index (χ1n) is 6.99. The Hall–Kier alpha value is -2.39. The molecule has 0 atom stereocenters. The Morgan fingerprint density at radius 3 is 2.71 bits per heavy atom. The summed E-state index contributed by atoms with van der Waals surface area (Å²) in [5, 5.41) is 1.06. The summed E-state index contributed by atoms with van der Waals surface area (Å²) in [5.41, 5.74) is 3.61. The summed E-state index contributed by atoms with van der Waals surface area (Å²) in [7, 11) is 4.01. The molecule has 0 aliphatic carbocycles. The predicted octanol–water partition coefficient (Wildman–Crippen LogP) is 3.46. The molecule has 3 heteroatoms. The van der Waals surface area contributed by atoms with Crippen LogP contribution in [0.15, 0.2) is 54.7 Å². The number of fused-ring (bicyclic) bond motifs is 1. The Labute approximate surface area is 124 Å². The SMILES string of the molecule is CN(C)Cc1ccccc1C(=O)c1ccc2[nH]ccc2c1. The molecule has 1 heterocycles. The van der Waals surface area contributed by atoms with E-state index in [0.29, 0.717) is 0 Å². The molecule has 0 fully saturated rings. The maximum atomic E-state index is 12.8. The Kier molecular flexibility index (Phi) is 3.59. The zero-order chi connectivity index (χ0) is 14.8. The van der Waals surface area contributed by atoms with Crippen LogP contribution in [0.1, 0.15) is 21.5 Å². The highest BCUT2D eigenvalue weighted by Gasteiger charge is 2.14. The van der Waals surface area contributed by atoms with E-state index in [4.69, 9.17) is 0 Å². The van der Waals surface area contributed by atoms with E-state index in [1.54, 1.807) is 0 Å². The summed E-state index contributed by atoms with van der Waals surface area (Å²) in [5.74, 6) is 0.0792. The van der Waals surface area contributed by atoms with Gasteiger partial charge in [-0.05, 0) is 43.9 Å². The van der Waals surface area contributed by atoms with Gasteiger partial charge in [0, 0.05) is 34.8 Å². The average Bonchev–Trinajstić information content (AvgIpc) is 2.94. The van der Waals surface area contributed by atoms with Gasteiger partial charge in [0.15, 0.2) is 5.78 Å². The van der Waals surface area contributed by atoms with Crippen molar-refractivity contribution in [1.29, 1.82) is 0 Å². The number of hydrogen-bond donors (Lipinski definition) is 1. The van der Waals surface area contributed by atoms with E-state index < -0.39 is 0 Å². The van der Waals surface area contributed by atoms with Crippen molar-refractivity contribution >= 4 is 16.7 Å². The third-order valence-corrected chi connectivity index (χ3v) is 3.56. The molecule has 3 aromatic rings. The second kappa shape index (κ2) is 5.54. The summed E-state index contributed by atoms with van der Waals surface area (Å²) >= 11 is 0. The number of rotatable bonds is 4. The maximum Gasteiger partial charge on any atom is 0.193 e. The molecule has 1 N–H and O–H groups in total. The summed E-state index contributed by atoms with van der Waals surface area (Å²) in [6, 6.07) is 15.6. The fraction of sp³-hybridized carbons (Fsp3) is 0.167. The number of aromatic amines is 1. The first-order valence-corrected chi connectivity index (χ1v) is 6.99. The van der Waals surface area contributed by atoms with E-state index in [1.165, 1.54) is 0 Å². The monoisotopic (exact) mass is 278 g/mol. The molecule has 0 radical (unpaired) electrons. The second-order valence-electron chi connectivity index (χ2n) is 5.50. The molecule has 3 nitrogen and oxygen atoms in total.